The molecule has 0 radical (unpaired) electrons. The van der Waals surface area contributed by atoms with Crippen LogP contribution >= 0.6 is 11.9 Å². The molecule has 0 spiro atoms. The number of aliphatic hydroxyl groups is 3. The first kappa shape index (κ1) is 15.5. The summed E-state index contributed by atoms with van der Waals surface area (Å²) >= 11 is 5.37. The Balaban J connectivity index is 1.86. The van der Waals surface area contributed by atoms with Crippen LogP contribution in [0.5, 0.6) is 5.88 Å². The second-order valence-electron chi connectivity index (χ2n) is 5.10. The summed E-state index contributed by atoms with van der Waals surface area (Å²) in [5.41, 5.74) is 0.863. The number of hydrogen-bond acceptors (Lipinski definition) is 6. The van der Waals surface area contributed by atoms with Gasteiger partial charge in [0.15, 0.2) is 24.4 Å². The van der Waals surface area contributed by atoms with E-state index in [1.165, 1.54) is 0 Å². The van der Waals surface area contributed by atoms with E-state index >= 15 is 0 Å². The Labute approximate surface area is 131 Å². The van der Waals surface area contributed by atoms with E-state index in [0.29, 0.717) is 5.88 Å². The van der Waals surface area contributed by atoms with E-state index in [9.17, 15) is 15.3 Å². The Hall–Kier alpha value is -1.35. The predicted molar refractivity (Wildman–Crippen MR) is 77.4 cm³/mol. The maximum Gasteiger partial charge on any atom is 0.192 e. The number of fused-ring (bicyclic) bond motifs is 1. The van der Waals surface area contributed by atoms with E-state index in [2.05, 4.69) is 9.27 Å². The molecule has 1 aliphatic rings. The largest absolute Gasteiger partial charge is 0.470 e. The number of aromatic nitrogens is 1. The van der Waals surface area contributed by atoms with Crippen molar-refractivity contribution in [2.45, 2.75) is 30.7 Å². The highest BCUT2D eigenvalue weighted by atomic mass is 35.5. The fourth-order valence-corrected chi connectivity index (χ4v) is 2.73. The first-order valence-electron chi connectivity index (χ1n) is 6.78. The second-order valence-corrected chi connectivity index (χ2v) is 5.27. The molecular weight excluding hydrogens is 314 g/mol. The fraction of sp³-hybridized carbons (Fsp3) is 0.429. The average molecular weight is 330 g/mol. The van der Waals surface area contributed by atoms with Gasteiger partial charge in [-0.05, 0) is 6.07 Å². The standard InChI is InChI=1S/C14H16ClNO6/c15-22-13-12(11(18)9(6-17)20-14(13)19)21-10-5-7-3-1-2-4-8(7)16-10/h1-5,9,11-14,16-19H,6H2/t9-,11-,12+,13-,14-/m1/s1. The third-order valence-corrected chi connectivity index (χ3v) is 3.89. The zero-order chi connectivity index (χ0) is 15.7. The van der Waals surface area contributed by atoms with Gasteiger partial charge in [-0.15, -0.1) is 0 Å². The Kier molecular flexibility index (Phi) is 4.53. The lowest BCUT2D eigenvalue weighted by Gasteiger charge is -2.40. The van der Waals surface area contributed by atoms with Gasteiger partial charge in [-0.3, -0.25) is 4.29 Å². The summed E-state index contributed by atoms with van der Waals surface area (Å²) < 4.78 is 15.4. The smallest absolute Gasteiger partial charge is 0.192 e. The van der Waals surface area contributed by atoms with Crippen LogP contribution in [0.15, 0.2) is 30.3 Å². The van der Waals surface area contributed by atoms with Gasteiger partial charge in [0.05, 0.1) is 18.5 Å². The summed E-state index contributed by atoms with van der Waals surface area (Å²) in [6.45, 7) is -0.472. The highest BCUT2D eigenvalue weighted by Crippen LogP contribution is 2.28. The van der Waals surface area contributed by atoms with Crippen LogP contribution in [-0.4, -0.2) is 57.6 Å². The Morgan fingerprint density at radius 2 is 2.00 bits per heavy atom. The van der Waals surface area contributed by atoms with Crippen LogP contribution in [0.3, 0.4) is 0 Å². The van der Waals surface area contributed by atoms with Gasteiger partial charge in [-0.2, -0.15) is 0 Å². The molecule has 1 aromatic carbocycles. The van der Waals surface area contributed by atoms with E-state index in [-0.39, 0.29) is 0 Å². The molecule has 0 bridgehead atoms. The summed E-state index contributed by atoms with van der Waals surface area (Å²) in [6, 6.07) is 9.30. The maximum atomic E-state index is 10.2. The molecule has 120 valence electrons. The van der Waals surface area contributed by atoms with Crippen LogP contribution in [-0.2, 0) is 9.03 Å². The number of halogens is 1. The van der Waals surface area contributed by atoms with Crippen LogP contribution in [0.25, 0.3) is 10.9 Å². The summed E-state index contributed by atoms with van der Waals surface area (Å²) in [7, 11) is 0. The third kappa shape index (κ3) is 2.79. The topological polar surface area (TPSA) is 104 Å². The minimum absolute atomic E-state index is 0.384. The highest BCUT2D eigenvalue weighted by molar-refractivity contribution is 6.07. The van der Waals surface area contributed by atoms with Crippen LogP contribution < -0.4 is 4.74 Å². The number of H-pyrrole nitrogens is 1. The number of aliphatic hydroxyl groups excluding tert-OH is 3. The summed E-state index contributed by atoms with van der Waals surface area (Å²) in [5, 5.41) is 30.2. The van der Waals surface area contributed by atoms with Crippen molar-refractivity contribution in [1.29, 1.82) is 0 Å². The van der Waals surface area contributed by atoms with E-state index in [0.717, 1.165) is 10.9 Å². The molecule has 4 N–H and O–H groups in total. The molecule has 5 atom stereocenters. The molecule has 0 aliphatic carbocycles. The molecule has 8 heteroatoms. The molecule has 22 heavy (non-hydrogen) atoms. The van der Waals surface area contributed by atoms with Crippen molar-refractivity contribution in [1.82, 2.24) is 4.98 Å². The lowest BCUT2D eigenvalue weighted by molar-refractivity contribution is -0.275. The van der Waals surface area contributed by atoms with Crippen molar-refractivity contribution in [2.24, 2.45) is 0 Å². The lowest BCUT2D eigenvalue weighted by atomic mass is 9.99. The van der Waals surface area contributed by atoms with E-state index in [1.807, 2.05) is 24.3 Å². The quantitative estimate of drug-likeness (QED) is 0.652. The van der Waals surface area contributed by atoms with Gasteiger partial charge >= 0.3 is 0 Å². The number of nitrogens with one attached hydrogen (secondary N) is 1. The molecule has 7 nitrogen and oxygen atoms in total. The van der Waals surface area contributed by atoms with Crippen LogP contribution in [0.1, 0.15) is 0 Å². The lowest BCUT2D eigenvalue weighted by Crippen LogP contribution is -2.60. The second kappa shape index (κ2) is 6.41. The molecule has 0 amide bonds. The minimum Gasteiger partial charge on any atom is -0.470 e. The van der Waals surface area contributed by atoms with Crippen molar-refractivity contribution in [3.63, 3.8) is 0 Å². The van der Waals surface area contributed by atoms with Crippen molar-refractivity contribution < 1.29 is 29.1 Å². The first-order valence-corrected chi connectivity index (χ1v) is 7.09. The summed E-state index contributed by atoms with van der Waals surface area (Å²) in [6.07, 6.45) is -5.75. The third-order valence-electron chi connectivity index (χ3n) is 3.69. The Morgan fingerprint density at radius 3 is 2.68 bits per heavy atom. The molecule has 2 heterocycles. The fourth-order valence-electron chi connectivity index (χ4n) is 2.54. The number of hydrogen-bond donors (Lipinski definition) is 4. The van der Waals surface area contributed by atoms with Crippen molar-refractivity contribution in [3.8, 4) is 5.88 Å². The number of benzene rings is 1. The number of ether oxygens (including phenoxy) is 2. The van der Waals surface area contributed by atoms with Crippen LogP contribution in [0, 0.1) is 0 Å². The molecule has 1 aliphatic heterocycles. The molecule has 3 rings (SSSR count). The number of para-hydroxylation sites is 1. The zero-order valence-electron chi connectivity index (χ0n) is 11.4. The first-order chi connectivity index (χ1) is 10.6. The maximum absolute atomic E-state index is 10.2. The van der Waals surface area contributed by atoms with Gasteiger partial charge in [0, 0.05) is 17.0 Å². The van der Waals surface area contributed by atoms with Gasteiger partial charge in [0.25, 0.3) is 0 Å². The Morgan fingerprint density at radius 1 is 1.23 bits per heavy atom. The normalized spacial score (nSPS) is 32.3. The van der Waals surface area contributed by atoms with Crippen LogP contribution in [0.2, 0.25) is 0 Å². The van der Waals surface area contributed by atoms with Crippen molar-refractivity contribution in [2.75, 3.05) is 6.61 Å². The van der Waals surface area contributed by atoms with Gasteiger partial charge < -0.3 is 29.8 Å². The summed E-state index contributed by atoms with van der Waals surface area (Å²) in [5.74, 6) is 0.384. The monoisotopic (exact) mass is 329 g/mol. The number of rotatable bonds is 4. The van der Waals surface area contributed by atoms with E-state index in [1.54, 1.807) is 6.07 Å². The number of aromatic amines is 1. The van der Waals surface area contributed by atoms with Gasteiger partial charge in [-0.25, -0.2) is 0 Å². The van der Waals surface area contributed by atoms with E-state index in [4.69, 9.17) is 21.3 Å². The summed E-state index contributed by atoms with van der Waals surface area (Å²) in [4.78, 5) is 3.04. The zero-order valence-corrected chi connectivity index (χ0v) is 12.2. The molecule has 2 aromatic rings. The van der Waals surface area contributed by atoms with Crippen LogP contribution in [0.4, 0.5) is 0 Å². The SMILES string of the molecule is OC[C@H]1O[C@@H](O)[C@H](OCl)[C@@H](Oc2cc3ccccc3[nH]2)[C@@H]1O. The molecule has 1 aromatic heterocycles. The Bertz CT molecular complexity index is 602. The molecule has 1 saturated heterocycles. The van der Waals surface area contributed by atoms with E-state index < -0.39 is 37.3 Å². The van der Waals surface area contributed by atoms with Gasteiger partial charge in [0.2, 0.25) is 0 Å². The predicted octanol–water partition coefficient (Wildman–Crippen LogP) is 0.525. The highest BCUT2D eigenvalue weighted by Gasteiger charge is 2.47. The molecule has 0 saturated carbocycles. The van der Waals surface area contributed by atoms with Crippen molar-refractivity contribution in [3.05, 3.63) is 30.3 Å². The van der Waals surface area contributed by atoms with Crippen molar-refractivity contribution >= 4 is 22.8 Å². The molecule has 1 fully saturated rings. The average Bonchev–Trinajstić information content (AvgIpc) is 2.93. The van der Waals surface area contributed by atoms with Gasteiger partial charge in [0.1, 0.15) is 12.2 Å². The molecule has 0 unspecified atom stereocenters. The van der Waals surface area contributed by atoms with Gasteiger partial charge in [-0.1, -0.05) is 18.2 Å². The molecular formula is C14H16ClNO6. The minimum atomic E-state index is -1.42.